The van der Waals surface area contributed by atoms with Crippen molar-refractivity contribution in [1.29, 1.82) is 0 Å². The Balaban J connectivity index is 1.24. The molecule has 0 N–H and O–H groups in total. The topological polar surface area (TPSA) is 26.3 Å². The molecule has 2 aliphatic rings. The number of aryl methyl sites for hydroxylation is 4. The molecule has 4 aromatic carbocycles. The first-order chi connectivity index (χ1) is 26.1. The minimum atomic E-state index is -1.33. The zero-order valence-electron chi connectivity index (χ0n) is 31.7. The molecule has 0 fully saturated rings. The summed E-state index contributed by atoms with van der Waals surface area (Å²) in [6.45, 7) is 8.95. The molecule has 6 aromatic rings. The molecule has 2 aliphatic carbocycles. The third-order valence-electron chi connectivity index (χ3n) is 10.9. The van der Waals surface area contributed by atoms with E-state index in [0.29, 0.717) is 7.25 Å². The second-order valence-electron chi connectivity index (χ2n) is 14.8. The van der Waals surface area contributed by atoms with Crippen LogP contribution in [0.4, 0.5) is 0 Å². The Morgan fingerprint density at radius 3 is 1.26 bits per heavy atom. The van der Waals surface area contributed by atoms with Gasteiger partial charge in [-0.05, 0) is 0 Å². The zero-order valence-corrected chi connectivity index (χ0v) is 34.1. The van der Waals surface area contributed by atoms with Gasteiger partial charge in [0.2, 0.25) is 0 Å². The van der Waals surface area contributed by atoms with Crippen LogP contribution in [-0.2, 0) is 48.9 Å². The normalized spacial score (nSPS) is 16.0. The first-order valence-electron chi connectivity index (χ1n) is 19.9. The van der Waals surface area contributed by atoms with Crippen molar-refractivity contribution in [2.24, 2.45) is 0 Å². The number of benzene rings is 4. The first kappa shape index (κ1) is 35.8. The molecular formula is C50H50O2Zr. The van der Waals surface area contributed by atoms with E-state index < -0.39 is 23.2 Å². The third-order valence-corrected chi connectivity index (χ3v) is 15.6. The van der Waals surface area contributed by atoms with E-state index in [1.54, 1.807) is 0 Å². The van der Waals surface area contributed by atoms with Crippen LogP contribution in [0.3, 0.4) is 0 Å². The van der Waals surface area contributed by atoms with E-state index in [4.69, 9.17) is 8.83 Å². The summed E-state index contributed by atoms with van der Waals surface area (Å²) in [5.74, 6) is 4.23. The Hall–Kier alpha value is -4.20. The van der Waals surface area contributed by atoms with Gasteiger partial charge in [-0.25, -0.2) is 0 Å². The van der Waals surface area contributed by atoms with Gasteiger partial charge in [-0.3, -0.25) is 0 Å². The Bertz CT molecular complexity index is 2100. The van der Waals surface area contributed by atoms with E-state index in [0.717, 1.165) is 74.4 Å². The van der Waals surface area contributed by atoms with Crippen LogP contribution in [0, 0.1) is 0 Å². The maximum absolute atomic E-state index is 6.66. The number of allylic oxidation sites excluding steroid dienone is 2. The molecule has 8 rings (SSSR count). The van der Waals surface area contributed by atoms with Crippen molar-refractivity contribution in [3.8, 4) is 22.3 Å². The number of rotatable bonds is 14. The molecule has 2 unspecified atom stereocenters. The van der Waals surface area contributed by atoms with Gasteiger partial charge in [-0.1, -0.05) is 0 Å². The monoisotopic (exact) mass is 772 g/mol. The standard InChI is InChI=1S/2C25H25O.Zr/c2*1-3-6-18-10-12-19(13-11-18)23-9-5-8-20-16-21(17-24(20)23)25-15-14-22(26-25)7-4-2;/h2*5,8-17H,3-4,6-7H2,1-2H3;. The molecule has 0 amide bonds. The molecular weight excluding hydrogens is 724 g/mol. The number of fused-ring (bicyclic) bond motifs is 2. The van der Waals surface area contributed by atoms with Crippen molar-refractivity contribution in [2.75, 3.05) is 0 Å². The van der Waals surface area contributed by atoms with Crippen LogP contribution in [0.5, 0.6) is 0 Å². The van der Waals surface area contributed by atoms with Crippen molar-refractivity contribution >= 4 is 23.3 Å². The summed E-state index contributed by atoms with van der Waals surface area (Å²) in [4.78, 5) is 0. The molecule has 53 heavy (non-hydrogen) atoms. The zero-order chi connectivity index (χ0) is 36.3. The van der Waals surface area contributed by atoms with Gasteiger partial charge in [0.25, 0.3) is 0 Å². The van der Waals surface area contributed by atoms with E-state index >= 15 is 0 Å². The van der Waals surface area contributed by atoms with Crippen LogP contribution in [0.25, 0.3) is 45.6 Å². The summed E-state index contributed by atoms with van der Waals surface area (Å²) in [5, 5.41) is 0. The van der Waals surface area contributed by atoms with Crippen molar-refractivity contribution in [1.82, 2.24) is 0 Å². The van der Waals surface area contributed by atoms with Gasteiger partial charge in [0.05, 0.1) is 0 Å². The predicted octanol–water partition coefficient (Wildman–Crippen LogP) is 14.0. The first-order valence-corrected chi connectivity index (χ1v) is 22.7. The summed E-state index contributed by atoms with van der Waals surface area (Å²) in [5.41, 5.74) is 16.3. The van der Waals surface area contributed by atoms with Gasteiger partial charge in [0.1, 0.15) is 0 Å². The molecule has 0 saturated carbocycles. The predicted molar refractivity (Wildman–Crippen MR) is 218 cm³/mol. The number of hydrogen-bond donors (Lipinski definition) is 0. The van der Waals surface area contributed by atoms with E-state index in [9.17, 15) is 0 Å². The van der Waals surface area contributed by atoms with E-state index in [1.165, 1.54) is 66.8 Å². The molecule has 266 valence electrons. The molecule has 0 aliphatic heterocycles. The van der Waals surface area contributed by atoms with Gasteiger partial charge in [0, 0.05) is 0 Å². The average Bonchev–Trinajstić information content (AvgIpc) is 3.99. The van der Waals surface area contributed by atoms with Crippen LogP contribution in [0.15, 0.2) is 118 Å². The number of furan rings is 2. The van der Waals surface area contributed by atoms with Gasteiger partial charge >= 0.3 is 330 Å². The summed E-state index contributed by atoms with van der Waals surface area (Å²) >= 11 is -1.33. The summed E-state index contributed by atoms with van der Waals surface area (Å²) in [7, 11) is 0. The molecule has 0 spiro atoms. The van der Waals surface area contributed by atoms with Crippen molar-refractivity contribution in [2.45, 2.75) is 86.3 Å². The molecule has 3 heteroatoms. The van der Waals surface area contributed by atoms with E-state index in [2.05, 4.69) is 149 Å². The number of hydrogen-bond acceptors (Lipinski definition) is 2. The van der Waals surface area contributed by atoms with Crippen molar-refractivity contribution in [3.63, 3.8) is 0 Å². The quantitative estimate of drug-likeness (QED) is 0.110. The second kappa shape index (κ2) is 16.0. The molecule has 0 bridgehead atoms. The molecule has 2 atom stereocenters. The van der Waals surface area contributed by atoms with Crippen LogP contribution in [-0.4, -0.2) is 0 Å². The SMILES string of the molecule is CCCc1ccc(-c2cccc3c2C=C(c2ccc(CCC)o2)[CH]3[Zr][CH]2C(c3ccc(CCC)o3)=Cc3c(-c4ccc(CCC)cc4)cccc32)cc1. The fraction of sp³-hybridized carbons (Fsp3) is 0.280. The maximum atomic E-state index is 6.66. The Morgan fingerprint density at radius 2 is 0.868 bits per heavy atom. The summed E-state index contributed by atoms with van der Waals surface area (Å²) in [6.07, 6.45) is 13.6. The summed E-state index contributed by atoms with van der Waals surface area (Å²) < 4.78 is 14.0. The Labute approximate surface area is 327 Å². The van der Waals surface area contributed by atoms with Crippen molar-refractivity contribution in [3.05, 3.63) is 166 Å². The fourth-order valence-electron chi connectivity index (χ4n) is 8.37. The van der Waals surface area contributed by atoms with Crippen LogP contribution >= 0.6 is 0 Å². The molecule has 0 saturated heterocycles. The van der Waals surface area contributed by atoms with Gasteiger partial charge < -0.3 is 0 Å². The van der Waals surface area contributed by atoms with Gasteiger partial charge in [-0.15, -0.1) is 0 Å². The summed E-state index contributed by atoms with van der Waals surface area (Å²) in [6, 6.07) is 41.4. The van der Waals surface area contributed by atoms with Crippen LogP contribution in [0.2, 0.25) is 0 Å². The van der Waals surface area contributed by atoms with E-state index in [-0.39, 0.29) is 0 Å². The molecule has 2 heterocycles. The van der Waals surface area contributed by atoms with Crippen LogP contribution < -0.4 is 0 Å². The van der Waals surface area contributed by atoms with E-state index in [1.807, 2.05) is 0 Å². The van der Waals surface area contributed by atoms with Crippen molar-refractivity contribution < 1.29 is 32.1 Å². The van der Waals surface area contributed by atoms with Crippen LogP contribution in [0.1, 0.15) is 117 Å². The fourth-order valence-corrected chi connectivity index (χ4v) is 13.3. The van der Waals surface area contributed by atoms with Gasteiger partial charge in [-0.2, -0.15) is 0 Å². The molecule has 0 radical (unpaired) electrons. The molecule has 2 aromatic heterocycles. The Morgan fingerprint density at radius 1 is 0.453 bits per heavy atom. The van der Waals surface area contributed by atoms with Gasteiger partial charge in [0.15, 0.2) is 0 Å². The Kier molecular flexibility index (Phi) is 10.8. The average molecular weight is 774 g/mol. The molecule has 2 nitrogen and oxygen atoms in total. The third kappa shape index (κ3) is 7.23. The second-order valence-corrected chi connectivity index (χ2v) is 18.4. The minimum absolute atomic E-state index is 0.329.